The van der Waals surface area contributed by atoms with Gasteiger partial charge in [0.1, 0.15) is 17.6 Å². The number of halogens is 3. The van der Waals surface area contributed by atoms with Crippen molar-refractivity contribution >= 4 is 34.3 Å². The lowest BCUT2D eigenvalue weighted by molar-refractivity contribution is 0.198. The normalized spacial score (nSPS) is 18.2. The van der Waals surface area contributed by atoms with E-state index in [1.807, 2.05) is 36.4 Å². The summed E-state index contributed by atoms with van der Waals surface area (Å²) in [6.07, 6.45) is 4.27. The lowest BCUT2D eigenvalue weighted by Gasteiger charge is -2.20. The Balaban J connectivity index is 1.55. The summed E-state index contributed by atoms with van der Waals surface area (Å²) in [5.74, 6) is 1.10. The highest BCUT2D eigenvalue weighted by Crippen LogP contribution is 2.43. The molecule has 1 aliphatic carbocycles. The van der Waals surface area contributed by atoms with Gasteiger partial charge in [0.15, 0.2) is 0 Å². The number of aromatic hydroxyl groups is 1. The number of phenolic OH excluding ortho intramolecular Hbond substituents is 1. The summed E-state index contributed by atoms with van der Waals surface area (Å²) < 4.78 is 19.0. The topological polar surface area (TPSA) is 32.7 Å². The number of ether oxygens (including phenoxy) is 1. The summed E-state index contributed by atoms with van der Waals surface area (Å²) in [5, 5.41) is 11.4. The molecule has 1 saturated heterocycles. The number of nitrogens with zero attached hydrogens (tertiary/aromatic N) is 1. The largest absolute Gasteiger partial charge is 0.508 e. The van der Waals surface area contributed by atoms with Crippen molar-refractivity contribution in [1.82, 2.24) is 4.90 Å². The van der Waals surface area contributed by atoms with Crippen LogP contribution in [0, 0.1) is 0 Å². The molecule has 0 bridgehead atoms. The molecule has 6 heteroatoms. The Morgan fingerprint density at radius 2 is 1.86 bits per heavy atom. The molecular formula is C30H30Cl2FNO2. The Morgan fingerprint density at radius 3 is 2.69 bits per heavy atom. The number of fused-ring (bicyclic) bond motifs is 1. The fourth-order valence-corrected chi connectivity index (χ4v) is 5.93. The maximum Gasteiger partial charge on any atom is 0.120 e. The van der Waals surface area contributed by atoms with Gasteiger partial charge in [-0.2, -0.15) is 0 Å². The second-order valence-corrected chi connectivity index (χ2v) is 10.4. The van der Waals surface area contributed by atoms with E-state index in [-0.39, 0.29) is 18.5 Å². The number of benzene rings is 3. The molecule has 188 valence electrons. The third-order valence-corrected chi connectivity index (χ3v) is 7.60. The second-order valence-electron chi connectivity index (χ2n) is 9.57. The monoisotopic (exact) mass is 525 g/mol. The van der Waals surface area contributed by atoms with E-state index in [1.165, 1.54) is 0 Å². The van der Waals surface area contributed by atoms with Crippen LogP contribution in [0.15, 0.2) is 60.7 Å². The maximum absolute atomic E-state index is 12.6. The van der Waals surface area contributed by atoms with Gasteiger partial charge in [0, 0.05) is 29.7 Å². The molecule has 5 rings (SSSR count). The minimum absolute atomic E-state index is 0.0948. The molecule has 1 N–H and O–H groups in total. The van der Waals surface area contributed by atoms with E-state index >= 15 is 0 Å². The summed E-state index contributed by atoms with van der Waals surface area (Å²) in [7, 11) is 0. The van der Waals surface area contributed by atoms with Crippen LogP contribution in [0.3, 0.4) is 0 Å². The Hall–Kier alpha value is -2.53. The van der Waals surface area contributed by atoms with Gasteiger partial charge in [0.05, 0.1) is 6.67 Å². The molecule has 0 amide bonds. The highest BCUT2D eigenvalue weighted by molar-refractivity contribution is 6.36. The van der Waals surface area contributed by atoms with Crippen LogP contribution >= 0.6 is 23.2 Å². The molecule has 1 unspecified atom stereocenters. The molecule has 36 heavy (non-hydrogen) atoms. The molecule has 0 saturated carbocycles. The van der Waals surface area contributed by atoms with Crippen LogP contribution in [0.5, 0.6) is 11.5 Å². The third kappa shape index (κ3) is 5.56. The number of likely N-dealkylation sites (tertiary alicyclic amines) is 1. The van der Waals surface area contributed by atoms with Gasteiger partial charge in [-0.3, -0.25) is 9.29 Å². The molecule has 0 radical (unpaired) electrons. The van der Waals surface area contributed by atoms with Gasteiger partial charge >= 0.3 is 0 Å². The summed E-state index contributed by atoms with van der Waals surface area (Å²) in [5.41, 5.74) is 6.51. The van der Waals surface area contributed by atoms with E-state index in [0.717, 1.165) is 84.5 Å². The second kappa shape index (κ2) is 11.2. The molecule has 3 aromatic carbocycles. The van der Waals surface area contributed by atoms with Gasteiger partial charge in [0.2, 0.25) is 0 Å². The third-order valence-electron chi connectivity index (χ3n) is 7.05. The van der Waals surface area contributed by atoms with Crippen LogP contribution in [0.1, 0.15) is 47.9 Å². The van der Waals surface area contributed by atoms with E-state index in [1.54, 1.807) is 12.1 Å². The first kappa shape index (κ1) is 25.1. The molecule has 3 nitrogen and oxygen atoms in total. The zero-order valence-electron chi connectivity index (χ0n) is 20.2. The number of hydrogen-bond donors (Lipinski definition) is 1. The first-order valence-corrected chi connectivity index (χ1v) is 13.3. The molecule has 3 aromatic rings. The minimum atomic E-state index is -0.279. The lowest BCUT2D eigenvalue weighted by atomic mass is 9.87. The number of hydrogen-bond acceptors (Lipinski definition) is 3. The summed E-state index contributed by atoms with van der Waals surface area (Å²) in [6.45, 7) is 2.25. The molecule has 1 heterocycles. The molecule has 0 aromatic heterocycles. The number of phenols is 1. The van der Waals surface area contributed by atoms with E-state index in [4.69, 9.17) is 27.9 Å². The van der Waals surface area contributed by atoms with Crippen LogP contribution in [-0.4, -0.2) is 42.4 Å². The smallest absolute Gasteiger partial charge is 0.120 e. The first-order valence-electron chi connectivity index (χ1n) is 12.6. The van der Waals surface area contributed by atoms with Crippen molar-refractivity contribution < 1.29 is 14.2 Å². The van der Waals surface area contributed by atoms with Crippen LogP contribution in [-0.2, 0) is 6.42 Å². The number of allylic oxidation sites excluding steroid dienone is 1. The Kier molecular flexibility index (Phi) is 7.85. The average molecular weight is 526 g/mol. The fraction of sp³-hybridized carbons (Fsp3) is 0.333. The van der Waals surface area contributed by atoms with Crippen molar-refractivity contribution in [2.24, 2.45) is 0 Å². The van der Waals surface area contributed by atoms with Crippen molar-refractivity contribution in [3.8, 4) is 11.5 Å². The Labute approximate surface area is 222 Å². The number of aryl methyl sites for hydroxylation is 1. The molecule has 1 atom stereocenters. The number of alkyl halides is 1. The maximum atomic E-state index is 12.6. The fourth-order valence-electron chi connectivity index (χ4n) is 5.40. The van der Waals surface area contributed by atoms with Gasteiger partial charge in [-0.05, 0) is 102 Å². The van der Waals surface area contributed by atoms with E-state index < -0.39 is 0 Å². The summed E-state index contributed by atoms with van der Waals surface area (Å²) >= 11 is 12.9. The summed E-state index contributed by atoms with van der Waals surface area (Å²) in [4.78, 5) is 2.27. The van der Waals surface area contributed by atoms with E-state index in [9.17, 15) is 9.50 Å². The highest BCUT2D eigenvalue weighted by atomic mass is 35.5. The number of rotatable bonds is 7. The van der Waals surface area contributed by atoms with Crippen LogP contribution in [0.2, 0.25) is 10.0 Å². The highest BCUT2D eigenvalue weighted by Gasteiger charge is 2.25. The van der Waals surface area contributed by atoms with Crippen molar-refractivity contribution in [2.75, 3.05) is 26.3 Å². The van der Waals surface area contributed by atoms with Crippen molar-refractivity contribution in [1.29, 1.82) is 0 Å². The average Bonchev–Trinajstić information content (AvgIpc) is 3.22. The SMILES string of the molecule is Oc1ccc2c(c1)CCCC(c1ccc(Cl)cc1Cl)=C2c1cccc(OC2CCN(CCCF)C2)c1. The molecule has 2 aliphatic rings. The minimum Gasteiger partial charge on any atom is -0.508 e. The van der Waals surface area contributed by atoms with Gasteiger partial charge in [-0.15, -0.1) is 0 Å². The van der Waals surface area contributed by atoms with E-state index in [0.29, 0.717) is 16.5 Å². The zero-order chi connectivity index (χ0) is 25.1. The molecule has 0 spiro atoms. The van der Waals surface area contributed by atoms with Crippen molar-refractivity contribution in [2.45, 2.75) is 38.2 Å². The first-order chi connectivity index (χ1) is 17.5. The quantitative estimate of drug-likeness (QED) is 0.341. The Morgan fingerprint density at radius 1 is 1.00 bits per heavy atom. The van der Waals surface area contributed by atoms with Gasteiger partial charge in [-0.1, -0.05) is 47.5 Å². The van der Waals surface area contributed by atoms with Gasteiger partial charge in [0.25, 0.3) is 0 Å². The van der Waals surface area contributed by atoms with Crippen molar-refractivity contribution in [3.63, 3.8) is 0 Å². The van der Waals surface area contributed by atoms with Crippen LogP contribution in [0.25, 0.3) is 11.1 Å². The Bertz CT molecular complexity index is 1280. The predicted octanol–water partition coefficient (Wildman–Crippen LogP) is 7.81. The zero-order valence-corrected chi connectivity index (χ0v) is 21.7. The molecule has 1 aliphatic heterocycles. The van der Waals surface area contributed by atoms with Crippen LogP contribution < -0.4 is 4.74 Å². The predicted molar refractivity (Wildman–Crippen MR) is 146 cm³/mol. The molecular weight excluding hydrogens is 496 g/mol. The summed E-state index contributed by atoms with van der Waals surface area (Å²) in [6, 6.07) is 19.5. The van der Waals surface area contributed by atoms with Gasteiger partial charge in [-0.25, -0.2) is 0 Å². The van der Waals surface area contributed by atoms with Crippen LogP contribution in [0.4, 0.5) is 4.39 Å². The van der Waals surface area contributed by atoms with Gasteiger partial charge < -0.3 is 9.84 Å². The van der Waals surface area contributed by atoms with E-state index in [2.05, 4.69) is 17.0 Å². The van der Waals surface area contributed by atoms with Crippen molar-refractivity contribution in [3.05, 3.63) is 93.0 Å². The lowest BCUT2D eigenvalue weighted by Crippen LogP contribution is -2.26. The standard InChI is InChI=1S/C30H30Cl2FNO2/c31-22-8-10-27(29(32)18-22)28-7-2-4-20-16-23(35)9-11-26(20)30(28)21-5-1-6-24(17-21)36-25-12-15-34(19-25)14-3-13-33/h1,5-6,8-11,16-18,25,35H,2-4,7,12-15,19H2. The molecule has 1 fully saturated rings.